The predicted octanol–water partition coefficient (Wildman–Crippen LogP) is 2.09. The summed E-state index contributed by atoms with van der Waals surface area (Å²) in [6, 6.07) is 2.17. The molecule has 2 heteroatoms. The van der Waals surface area contributed by atoms with E-state index in [4.69, 9.17) is 4.74 Å². The average Bonchev–Trinajstić information content (AvgIpc) is 2.53. The number of ether oxygens (including phenoxy) is 1. The van der Waals surface area contributed by atoms with Gasteiger partial charge >= 0.3 is 0 Å². The Morgan fingerprint density at radius 1 is 1.50 bits per heavy atom. The second-order valence-electron chi connectivity index (χ2n) is 2.96. The van der Waals surface area contributed by atoms with Gasteiger partial charge in [0.2, 0.25) is 0 Å². The zero-order chi connectivity index (χ0) is 8.81. The summed E-state index contributed by atoms with van der Waals surface area (Å²) in [6.07, 6.45) is 6.55. The SMILES string of the molecule is CCc1ccn(CCCOC)c1. The zero-order valence-corrected chi connectivity index (χ0v) is 7.92. The van der Waals surface area contributed by atoms with Crippen molar-refractivity contribution in [1.29, 1.82) is 0 Å². The smallest absolute Gasteiger partial charge is 0.0479 e. The summed E-state index contributed by atoms with van der Waals surface area (Å²) in [5.74, 6) is 0. The molecule has 0 aliphatic rings. The van der Waals surface area contributed by atoms with Crippen LogP contribution in [0.1, 0.15) is 18.9 Å². The van der Waals surface area contributed by atoms with Crippen LogP contribution in [0.15, 0.2) is 18.5 Å². The molecule has 1 aromatic rings. The van der Waals surface area contributed by atoms with Gasteiger partial charge in [-0.2, -0.15) is 0 Å². The molecule has 1 rings (SSSR count). The minimum absolute atomic E-state index is 0.847. The lowest BCUT2D eigenvalue weighted by Gasteiger charge is -2.00. The molecule has 0 aromatic carbocycles. The Morgan fingerprint density at radius 3 is 2.92 bits per heavy atom. The predicted molar refractivity (Wildman–Crippen MR) is 50.3 cm³/mol. The molecule has 0 N–H and O–H groups in total. The van der Waals surface area contributed by atoms with Crippen LogP contribution in [-0.4, -0.2) is 18.3 Å². The van der Waals surface area contributed by atoms with Crippen LogP contribution in [0.5, 0.6) is 0 Å². The highest BCUT2D eigenvalue weighted by Crippen LogP contribution is 2.02. The van der Waals surface area contributed by atoms with Crippen molar-refractivity contribution < 1.29 is 4.74 Å². The lowest BCUT2D eigenvalue weighted by Crippen LogP contribution is -1.98. The van der Waals surface area contributed by atoms with Crippen LogP contribution >= 0.6 is 0 Å². The van der Waals surface area contributed by atoms with Crippen LogP contribution in [0, 0.1) is 0 Å². The first-order valence-corrected chi connectivity index (χ1v) is 4.50. The third kappa shape index (κ3) is 2.70. The minimum Gasteiger partial charge on any atom is -0.385 e. The molecule has 0 saturated carbocycles. The van der Waals surface area contributed by atoms with Gasteiger partial charge < -0.3 is 9.30 Å². The Morgan fingerprint density at radius 2 is 2.33 bits per heavy atom. The van der Waals surface area contributed by atoms with Crippen LogP contribution in [-0.2, 0) is 17.7 Å². The number of hydrogen-bond donors (Lipinski definition) is 0. The van der Waals surface area contributed by atoms with Gasteiger partial charge in [0.25, 0.3) is 0 Å². The van der Waals surface area contributed by atoms with Gasteiger partial charge in [-0.3, -0.25) is 0 Å². The van der Waals surface area contributed by atoms with Crippen LogP contribution in [0.3, 0.4) is 0 Å². The first-order chi connectivity index (χ1) is 5.86. The van der Waals surface area contributed by atoms with Crippen molar-refractivity contribution >= 4 is 0 Å². The molecule has 0 spiro atoms. The lowest BCUT2D eigenvalue weighted by molar-refractivity contribution is 0.190. The topological polar surface area (TPSA) is 14.2 Å². The van der Waals surface area contributed by atoms with Crippen LogP contribution < -0.4 is 0 Å². The van der Waals surface area contributed by atoms with Gasteiger partial charge in [-0.05, 0) is 24.5 Å². The molecule has 0 fully saturated rings. The van der Waals surface area contributed by atoms with E-state index in [0.29, 0.717) is 0 Å². The van der Waals surface area contributed by atoms with Gasteiger partial charge in [-0.1, -0.05) is 6.92 Å². The van der Waals surface area contributed by atoms with Gasteiger partial charge in [0.15, 0.2) is 0 Å². The van der Waals surface area contributed by atoms with E-state index in [0.717, 1.165) is 26.0 Å². The van der Waals surface area contributed by atoms with Crippen LogP contribution in [0.25, 0.3) is 0 Å². The summed E-state index contributed by atoms with van der Waals surface area (Å²) >= 11 is 0. The molecule has 0 amide bonds. The maximum atomic E-state index is 4.98. The Hall–Kier alpha value is -0.760. The molecule has 0 radical (unpaired) electrons. The molecule has 0 atom stereocenters. The highest BCUT2D eigenvalue weighted by atomic mass is 16.5. The monoisotopic (exact) mass is 167 g/mol. The molecule has 0 bridgehead atoms. The molecular weight excluding hydrogens is 150 g/mol. The van der Waals surface area contributed by atoms with Crippen molar-refractivity contribution in [2.75, 3.05) is 13.7 Å². The summed E-state index contributed by atoms with van der Waals surface area (Å²) in [6.45, 7) is 4.09. The van der Waals surface area contributed by atoms with Crippen molar-refractivity contribution in [1.82, 2.24) is 4.57 Å². The van der Waals surface area contributed by atoms with Gasteiger partial charge in [0, 0.05) is 32.7 Å². The normalized spacial score (nSPS) is 10.5. The molecule has 2 nitrogen and oxygen atoms in total. The van der Waals surface area contributed by atoms with Gasteiger partial charge in [-0.25, -0.2) is 0 Å². The van der Waals surface area contributed by atoms with E-state index >= 15 is 0 Å². The molecule has 0 unspecified atom stereocenters. The fraction of sp³-hybridized carbons (Fsp3) is 0.600. The summed E-state index contributed by atoms with van der Waals surface area (Å²) < 4.78 is 7.20. The van der Waals surface area contributed by atoms with E-state index in [-0.39, 0.29) is 0 Å². The van der Waals surface area contributed by atoms with Crippen LogP contribution in [0.4, 0.5) is 0 Å². The number of nitrogens with zero attached hydrogens (tertiary/aromatic N) is 1. The van der Waals surface area contributed by atoms with Crippen molar-refractivity contribution in [2.24, 2.45) is 0 Å². The Kier molecular flexibility index (Phi) is 3.88. The maximum Gasteiger partial charge on any atom is 0.0479 e. The third-order valence-electron chi connectivity index (χ3n) is 1.98. The first-order valence-electron chi connectivity index (χ1n) is 4.50. The quantitative estimate of drug-likeness (QED) is 0.612. The largest absolute Gasteiger partial charge is 0.385 e. The maximum absolute atomic E-state index is 4.98. The molecule has 68 valence electrons. The number of rotatable bonds is 5. The van der Waals surface area contributed by atoms with E-state index in [1.807, 2.05) is 0 Å². The van der Waals surface area contributed by atoms with Crippen LogP contribution in [0.2, 0.25) is 0 Å². The standard InChI is InChI=1S/C10H17NO/c1-3-10-5-7-11(9-10)6-4-8-12-2/h5,7,9H,3-4,6,8H2,1-2H3. The lowest BCUT2D eigenvalue weighted by atomic mass is 10.3. The number of aromatic nitrogens is 1. The van der Waals surface area contributed by atoms with Crippen molar-refractivity contribution in [3.05, 3.63) is 24.0 Å². The molecule has 0 aliphatic carbocycles. The van der Waals surface area contributed by atoms with Gasteiger partial charge in [-0.15, -0.1) is 0 Å². The molecule has 1 aromatic heterocycles. The fourth-order valence-corrected chi connectivity index (χ4v) is 1.23. The molecule has 1 heterocycles. The number of aryl methyl sites for hydroxylation is 2. The summed E-state index contributed by atoms with van der Waals surface area (Å²) in [5, 5.41) is 0. The summed E-state index contributed by atoms with van der Waals surface area (Å²) in [7, 11) is 1.74. The third-order valence-corrected chi connectivity index (χ3v) is 1.98. The number of hydrogen-bond acceptors (Lipinski definition) is 1. The highest BCUT2D eigenvalue weighted by molar-refractivity contribution is 5.09. The van der Waals surface area contributed by atoms with Crippen molar-refractivity contribution in [2.45, 2.75) is 26.3 Å². The molecule has 0 saturated heterocycles. The molecular formula is C10H17NO. The highest BCUT2D eigenvalue weighted by Gasteiger charge is 1.93. The Balaban J connectivity index is 2.31. The van der Waals surface area contributed by atoms with Crippen molar-refractivity contribution in [3.8, 4) is 0 Å². The Bertz CT molecular complexity index is 217. The second-order valence-corrected chi connectivity index (χ2v) is 2.96. The van der Waals surface area contributed by atoms with E-state index in [9.17, 15) is 0 Å². The Labute approximate surface area is 74.2 Å². The van der Waals surface area contributed by atoms with E-state index in [2.05, 4.69) is 30.0 Å². The van der Waals surface area contributed by atoms with Gasteiger partial charge in [0.05, 0.1) is 0 Å². The average molecular weight is 167 g/mol. The van der Waals surface area contributed by atoms with Gasteiger partial charge in [0.1, 0.15) is 0 Å². The minimum atomic E-state index is 0.847. The summed E-state index contributed by atoms with van der Waals surface area (Å²) in [5.41, 5.74) is 1.41. The number of methoxy groups -OCH3 is 1. The molecule has 12 heavy (non-hydrogen) atoms. The van der Waals surface area contributed by atoms with E-state index in [1.165, 1.54) is 5.56 Å². The molecule has 0 aliphatic heterocycles. The first kappa shape index (κ1) is 9.33. The van der Waals surface area contributed by atoms with E-state index in [1.54, 1.807) is 7.11 Å². The second kappa shape index (κ2) is 4.99. The zero-order valence-electron chi connectivity index (χ0n) is 7.92. The summed E-state index contributed by atoms with van der Waals surface area (Å²) in [4.78, 5) is 0. The fourth-order valence-electron chi connectivity index (χ4n) is 1.23. The van der Waals surface area contributed by atoms with Crippen molar-refractivity contribution in [3.63, 3.8) is 0 Å². The van der Waals surface area contributed by atoms with E-state index < -0.39 is 0 Å².